The first-order chi connectivity index (χ1) is 15.1. The summed E-state index contributed by atoms with van der Waals surface area (Å²) in [5.41, 5.74) is 8.94. The van der Waals surface area contributed by atoms with Gasteiger partial charge in [0.1, 0.15) is 12.1 Å². The van der Waals surface area contributed by atoms with Crippen LogP contribution in [0.2, 0.25) is 0 Å². The number of aromatic nitrogens is 2. The van der Waals surface area contributed by atoms with E-state index in [1.807, 2.05) is 0 Å². The third kappa shape index (κ3) is 9.47. The Kier molecular flexibility index (Phi) is 13.1. The number of hydrogen-bond donors (Lipinski definition) is 3. The van der Waals surface area contributed by atoms with E-state index in [0.717, 1.165) is 58.4 Å². The number of nitrogens with zero attached hydrogens (tertiary/aromatic N) is 5. The second-order valence-electron chi connectivity index (χ2n) is 6.55. The average Bonchev–Trinajstić information content (AvgIpc) is 3.22. The molecule has 0 radical (unpaired) electrons. The molecule has 1 aromatic rings. The highest BCUT2D eigenvalue weighted by Gasteiger charge is 2.19. The fourth-order valence-electron chi connectivity index (χ4n) is 2.77. The maximum Gasteiger partial charge on any atom is 0.295 e. The standard InChI is InChI=1S/C9H12N4O.C6H6N2O.C5H12N2O/c1-11-8-6-12-13(9(8)10)7-2-4-14-5-3-7;1-3-9-5-6(4-7)8-2;6-7-5-1-3-8-4-2-5/h6-7H,2-5,10H2;5H,3H2,1H3;5,7H,1-4,6H2/b;6-5+;. The fraction of sp³-hybridized carbons (Fsp3) is 0.600. The van der Waals surface area contributed by atoms with Crippen LogP contribution in [0.4, 0.5) is 11.5 Å². The first kappa shape index (κ1) is 25.9. The molecule has 0 bridgehead atoms. The van der Waals surface area contributed by atoms with E-state index in [9.17, 15) is 0 Å². The Bertz CT molecular complexity index is 775. The summed E-state index contributed by atoms with van der Waals surface area (Å²) in [5, 5.41) is 12.3. The quantitative estimate of drug-likeness (QED) is 0.217. The summed E-state index contributed by atoms with van der Waals surface area (Å²) < 4.78 is 16.8. The molecule has 5 N–H and O–H groups in total. The normalized spacial score (nSPS) is 16.9. The summed E-state index contributed by atoms with van der Waals surface area (Å²) in [5.74, 6) is 5.68. The molecular formula is C20H30N8O3. The van der Waals surface area contributed by atoms with Gasteiger partial charge in [-0.15, -0.1) is 0 Å². The van der Waals surface area contributed by atoms with Gasteiger partial charge < -0.3 is 19.9 Å². The molecule has 0 aromatic carbocycles. The molecule has 0 unspecified atom stereocenters. The highest BCUT2D eigenvalue weighted by atomic mass is 16.5. The maximum atomic E-state index is 8.14. The number of nitrogens with one attached hydrogen (secondary N) is 1. The van der Waals surface area contributed by atoms with E-state index >= 15 is 0 Å². The second-order valence-corrected chi connectivity index (χ2v) is 6.55. The number of nitriles is 1. The van der Waals surface area contributed by atoms with Crippen LogP contribution < -0.4 is 17.0 Å². The van der Waals surface area contributed by atoms with Gasteiger partial charge in [-0.25, -0.2) is 15.0 Å². The highest BCUT2D eigenvalue weighted by molar-refractivity contribution is 5.62. The van der Waals surface area contributed by atoms with Crippen molar-refractivity contribution in [2.24, 2.45) is 5.84 Å². The van der Waals surface area contributed by atoms with E-state index in [2.05, 4.69) is 25.0 Å². The Balaban J connectivity index is 0.000000247. The molecule has 2 saturated heterocycles. The van der Waals surface area contributed by atoms with Crippen LogP contribution in [0.3, 0.4) is 0 Å². The van der Waals surface area contributed by atoms with Gasteiger partial charge in [-0.1, -0.05) is 0 Å². The zero-order chi connectivity index (χ0) is 22.9. The number of hydrazine groups is 1. The molecule has 2 aliphatic heterocycles. The smallest absolute Gasteiger partial charge is 0.295 e. The van der Waals surface area contributed by atoms with Crippen LogP contribution in [0, 0.1) is 24.5 Å². The first-order valence-corrected chi connectivity index (χ1v) is 10.0. The Morgan fingerprint density at radius 3 is 2.35 bits per heavy atom. The minimum atomic E-state index is -0.0168. The minimum Gasteiger partial charge on any atom is -0.512 e. The molecule has 2 fully saturated rings. The lowest BCUT2D eigenvalue weighted by Crippen LogP contribution is -2.39. The van der Waals surface area contributed by atoms with Crippen LogP contribution in [0.5, 0.6) is 0 Å². The summed E-state index contributed by atoms with van der Waals surface area (Å²) in [6.07, 6.45) is 6.63. The molecule has 0 aliphatic carbocycles. The van der Waals surface area contributed by atoms with Gasteiger partial charge >= 0.3 is 0 Å². The number of nitrogens with two attached hydrogens (primary N) is 2. The molecule has 11 nitrogen and oxygen atoms in total. The molecule has 31 heavy (non-hydrogen) atoms. The molecule has 3 rings (SSSR count). The van der Waals surface area contributed by atoms with Gasteiger partial charge in [-0.3, -0.25) is 16.0 Å². The highest BCUT2D eigenvalue weighted by Crippen LogP contribution is 2.28. The molecule has 3 heterocycles. The molecular weight excluding hydrogens is 400 g/mol. The lowest BCUT2D eigenvalue weighted by molar-refractivity contribution is 0.0669. The Morgan fingerprint density at radius 1 is 1.32 bits per heavy atom. The van der Waals surface area contributed by atoms with Crippen molar-refractivity contribution in [1.29, 1.82) is 5.26 Å². The Hall–Kier alpha value is -3.14. The van der Waals surface area contributed by atoms with Crippen molar-refractivity contribution in [3.8, 4) is 6.07 Å². The summed E-state index contributed by atoms with van der Waals surface area (Å²) >= 11 is 0. The number of hydrogen-bond acceptors (Lipinski definition) is 8. The van der Waals surface area contributed by atoms with Crippen LogP contribution >= 0.6 is 0 Å². The van der Waals surface area contributed by atoms with E-state index in [1.165, 1.54) is 6.20 Å². The molecule has 1 aromatic heterocycles. The molecule has 2 aliphatic rings. The number of allylic oxidation sites excluding steroid dienone is 1. The van der Waals surface area contributed by atoms with E-state index in [4.69, 9.17) is 39.5 Å². The van der Waals surface area contributed by atoms with Gasteiger partial charge in [0.15, 0.2) is 0 Å². The summed E-state index contributed by atoms with van der Waals surface area (Å²) in [4.78, 5) is 6.17. The van der Waals surface area contributed by atoms with Crippen LogP contribution in [-0.2, 0) is 14.2 Å². The third-order valence-electron chi connectivity index (χ3n) is 4.52. The van der Waals surface area contributed by atoms with Gasteiger partial charge in [0.2, 0.25) is 5.69 Å². The van der Waals surface area contributed by atoms with Crippen molar-refractivity contribution < 1.29 is 14.2 Å². The number of rotatable bonds is 4. The predicted octanol–water partition coefficient (Wildman–Crippen LogP) is 2.30. The predicted molar refractivity (Wildman–Crippen MR) is 115 cm³/mol. The van der Waals surface area contributed by atoms with Gasteiger partial charge in [-0.2, -0.15) is 5.10 Å². The maximum absolute atomic E-state index is 8.14. The monoisotopic (exact) mass is 430 g/mol. The van der Waals surface area contributed by atoms with Crippen LogP contribution in [0.1, 0.15) is 38.6 Å². The largest absolute Gasteiger partial charge is 0.512 e. The summed E-state index contributed by atoms with van der Waals surface area (Å²) in [6, 6.07) is 2.45. The van der Waals surface area contributed by atoms with Crippen molar-refractivity contribution in [3.63, 3.8) is 0 Å². The zero-order valence-corrected chi connectivity index (χ0v) is 17.8. The summed E-state index contributed by atoms with van der Waals surface area (Å²) in [6.45, 7) is 18.8. The van der Waals surface area contributed by atoms with E-state index in [1.54, 1.807) is 17.7 Å². The lowest BCUT2D eigenvalue weighted by atomic mass is 10.1. The SMILES string of the molecule is NNC1CCOCC1.[C-]#[N+]/C(C#N)=C/OCC.[C-]#[N+]c1cnn(C2CCOCC2)c1N. The molecule has 0 spiro atoms. The zero-order valence-electron chi connectivity index (χ0n) is 17.8. The van der Waals surface area contributed by atoms with Gasteiger partial charge in [0.25, 0.3) is 5.70 Å². The van der Waals surface area contributed by atoms with Crippen LogP contribution in [0.15, 0.2) is 18.2 Å². The van der Waals surface area contributed by atoms with Crippen LogP contribution in [0.25, 0.3) is 9.69 Å². The van der Waals surface area contributed by atoms with E-state index in [0.29, 0.717) is 30.2 Å². The molecule has 0 saturated carbocycles. The van der Waals surface area contributed by atoms with Crippen molar-refractivity contribution in [2.75, 3.05) is 38.8 Å². The van der Waals surface area contributed by atoms with Gasteiger partial charge in [0, 0.05) is 32.5 Å². The van der Waals surface area contributed by atoms with E-state index < -0.39 is 0 Å². The van der Waals surface area contributed by atoms with Crippen molar-refractivity contribution in [1.82, 2.24) is 15.2 Å². The van der Waals surface area contributed by atoms with Crippen LogP contribution in [-0.4, -0.2) is 48.9 Å². The molecule has 0 atom stereocenters. The lowest BCUT2D eigenvalue weighted by Gasteiger charge is -2.23. The fourth-order valence-corrected chi connectivity index (χ4v) is 2.77. The Morgan fingerprint density at radius 2 is 1.94 bits per heavy atom. The Labute approximate surface area is 183 Å². The minimum absolute atomic E-state index is 0.0168. The van der Waals surface area contributed by atoms with Crippen molar-refractivity contribution in [3.05, 3.63) is 41.0 Å². The number of ether oxygens (including phenoxy) is 3. The van der Waals surface area contributed by atoms with Crippen molar-refractivity contribution in [2.45, 2.75) is 44.7 Å². The first-order valence-electron chi connectivity index (χ1n) is 10.0. The van der Waals surface area contributed by atoms with E-state index in [-0.39, 0.29) is 5.70 Å². The molecule has 11 heteroatoms. The van der Waals surface area contributed by atoms with Crippen molar-refractivity contribution >= 4 is 11.5 Å². The van der Waals surface area contributed by atoms with Gasteiger partial charge in [-0.05, 0) is 32.6 Å². The number of nitrogen functional groups attached to an aromatic ring is 1. The average molecular weight is 431 g/mol. The second kappa shape index (κ2) is 15.7. The summed E-state index contributed by atoms with van der Waals surface area (Å²) in [7, 11) is 0. The molecule has 0 amide bonds. The topological polar surface area (TPSA) is 142 Å². The number of anilines is 1. The third-order valence-corrected chi connectivity index (χ3v) is 4.52. The molecule has 168 valence electrons. The van der Waals surface area contributed by atoms with Gasteiger partial charge in [0.05, 0.1) is 38.1 Å².